The van der Waals surface area contributed by atoms with Crippen molar-refractivity contribution in [2.75, 3.05) is 5.75 Å². The average molecular weight is 271 g/mol. The van der Waals surface area contributed by atoms with Gasteiger partial charge < -0.3 is 4.42 Å². The van der Waals surface area contributed by atoms with Gasteiger partial charge in [-0.3, -0.25) is 4.57 Å². The zero-order chi connectivity index (χ0) is 14.8. The third kappa shape index (κ3) is 8.51. The van der Waals surface area contributed by atoms with Crippen molar-refractivity contribution in [3.63, 3.8) is 0 Å². The van der Waals surface area contributed by atoms with Crippen LogP contribution in [0.15, 0.2) is 15.4 Å². The number of aromatic nitrogens is 1. The highest BCUT2D eigenvalue weighted by molar-refractivity contribution is 7.80. The molecule has 0 saturated carbocycles. The fourth-order valence-corrected chi connectivity index (χ4v) is 1.08. The molecule has 1 heterocycles. The highest BCUT2D eigenvalue weighted by atomic mass is 32.1. The lowest BCUT2D eigenvalue weighted by molar-refractivity contribution is 0.427. The molecule has 0 aliphatic carbocycles. The van der Waals surface area contributed by atoms with Gasteiger partial charge in [0.05, 0.1) is 7.85 Å². The van der Waals surface area contributed by atoms with Crippen LogP contribution >= 0.6 is 12.6 Å². The zero-order valence-corrected chi connectivity index (χ0v) is 13.4. The number of hydrogen-bond acceptors (Lipinski definition) is 3. The fourth-order valence-electron chi connectivity index (χ4n) is 1.08. The van der Waals surface area contributed by atoms with Crippen molar-refractivity contribution in [3.8, 4) is 0 Å². The van der Waals surface area contributed by atoms with Crippen LogP contribution in [0, 0.1) is 0 Å². The van der Waals surface area contributed by atoms with Gasteiger partial charge in [0.25, 0.3) is 0 Å². The smallest absolute Gasteiger partial charge is 0.413 e. The van der Waals surface area contributed by atoms with Gasteiger partial charge in [-0.05, 0) is 5.75 Å². The molecule has 2 radical (unpaired) electrons. The number of rotatable bonds is 3. The molecule has 0 N–H and O–H groups in total. The van der Waals surface area contributed by atoms with E-state index in [4.69, 9.17) is 12.3 Å². The topological polar surface area (TPSA) is 35.1 Å². The summed E-state index contributed by atoms with van der Waals surface area (Å²) in [5.41, 5.74) is 0. The van der Waals surface area contributed by atoms with Crippen LogP contribution in [-0.2, 0) is 13.5 Å². The van der Waals surface area contributed by atoms with Crippen LogP contribution in [0.2, 0.25) is 5.31 Å². The van der Waals surface area contributed by atoms with Gasteiger partial charge in [0.1, 0.15) is 5.76 Å². The molecule has 18 heavy (non-hydrogen) atoms. The van der Waals surface area contributed by atoms with Gasteiger partial charge in [0.15, 0.2) is 0 Å². The standard InChI is InChI=1S/C9H14BNO2.C2H6S.C2H6/c1-4-9(2,10)5-7-6-11(3)8(12)13-7;1-2-3;1-2/h6H,4-5H2,1-3H3;3H,2H2,1H3;1-2H3. The Kier molecular flexibility index (Phi) is 11.4. The van der Waals surface area contributed by atoms with Gasteiger partial charge in [0.2, 0.25) is 0 Å². The minimum atomic E-state index is -0.332. The fraction of sp³-hybridized carbons (Fsp3) is 0.769. The van der Waals surface area contributed by atoms with Crippen LogP contribution in [-0.4, -0.2) is 18.2 Å². The number of aryl methyl sites for hydroxylation is 1. The maximum absolute atomic E-state index is 11.0. The first-order chi connectivity index (χ1) is 8.36. The van der Waals surface area contributed by atoms with Crippen molar-refractivity contribution in [3.05, 3.63) is 22.5 Å². The van der Waals surface area contributed by atoms with Crippen molar-refractivity contribution >= 4 is 20.5 Å². The molecule has 0 saturated heterocycles. The predicted molar refractivity (Wildman–Crippen MR) is 82.9 cm³/mol. The second-order valence-electron chi connectivity index (χ2n) is 4.07. The molecule has 1 atom stereocenters. The largest absolute Gasteiger partial charge is 0.418 e. The van der Waals surface area contributed by atoms with Gasteiger partial charge >= 0.3 is 5.76 Å². The Morgan fingerprint density at radius 2 is 1.89 bits per heavy atom. The van der Waals surface area contributed by atoms with Crippen molar-refractivity contribution in [2.24, 2.45) is 7.05 Å². The Hall–Kier alpha value is -0.575. The van der Waals surface area contributed by atoms with Crippen molar-refractivity contribution < 1.29 is 4.42 Å². The van der Waals surface area contributed by atoms with E-state index in [1.54, 1.807) is 13.2 Å². The summed E-state index contributed by atoms with van der Waals surface area (Å²) in [4.78, 5) is 11.0. The minimum Gasteiger partial charge on any atom is -0.413 e. The third-order valence-corrected chi connectivity index (χ3v) is 2.23. The SMILES string of the molecule is CC.CCS.[B]C(C)(CC)Cc1cn(C)c(=O)o1. The molecule has 0 amide bonds. The van der Waals surface area contributed by atoms with E-state index in [2.05, 4.69) is 12.6 Å². The molecular formula is C13H26BNO2S. The van der Waals surface area contributed by atoms with Crippen LogP contribution < -0.4 is 5.76 Å². The summed E-state index contributed by atoms with van der Waals surface area (Å²) < 4.78 is 6.40. The molecule has 0 fully saturated rings. The maximum Gasteiger partial charge on any atom is 0.418 e. The summed E-state index contributed by atoms with van der Waals surface area (Å²) in [7, 11) is 7.60. The normalized spacial score (nSPS) is 12.6. The minimum absolute atomic E-state index is 0.294. The molecule has 1 unspecified atom stereocenters. The second kappa shape index (κ2) is 10.4. The number of oxazole rings is 1. The Bertz CT molecular complexity index is 358. The summed E-state index contributed by atoms with van der Waals surface area (Å²) in [5.74, 6) is 1.27. The molecule has 104 valence electrons. The molecule has 1 rings (SSSR count). The molecule has 5 heteroatoms. The predicted octanol–water partition coefficient (Wildman–Crippen LogP) is 3.24. The highest BCUT2D eigenvalue weighted by Gasteiger charge is 2.18. The van der Waals surface area contributed by atoms with E-state index in [9.17, 15) is 4.79 Å². The molecule has 0 aliphatic heterocycles. The molecule has 0 spiro atoms. The molecule has 1 aromatic rings. The lowest BCUT2D eigenvalue weighted by atomic mass is 9.66. The van der Waals surface area contributed by atoms with E-state index in [0.717, 1.165) is 12.2 Å². The van der Waals surface area contributed by atoms with Gasteiger partial charge in [-0.1, -0.05) is 46.4 Å². The first-order valence-corrected chi connectivity index (χ1v) is 7.04. The lowest BCUT2D eigenvalue weighted by Crippen LogP contribution is -2.09. The van der Waals surface area contributed by atoms with E-state index < -0.39 is 0 Å². The Morgan fingerprint density at radius 1 is 1.44 bits per heavy atom. The van der Waals surface area contributed by atoms with Gasteiger partial charge in [0, 0.05) is 19.7 Å². The van der Waals surface area contributed by atoms with E-state index >= 15 is 0 Å². The number of hydrogen-bond donors (Lipinski definition) is 1. The molecule has 0 bridgehead atoms. The molecule has 1 aromatic heterocycles. The number of thiol groups is 1. The van der Waals surface area contributed by atoms with Crippen LogP contribution in [0.1, 0.15) is 46.8 Å². The van der Waals surface area contributed by atoms with Gasteiger partial charge in [-0.2, -0.15) is 12.6 Å². The quantitative estimate of drug-likeness (QED) is 0.676. The van der Waals surface area contributed by atoms with E-state index in [-0.39, 0.29) is 11.1 Å². The van der Waals surface area contributed by atoms with Gasteiger partial charge in [-0.25, -0.2) is 4.79 Å². The van der Waals surface area contributed by atoms with Crippen LogP contribution in [0.5, 0.6) is 0 Å². The third-order valence-electron chi connectivity index (χ3n) is 2.23. The average Bonchev–Trinajstić information content (AvgIpc) is 2.61. The van der Waals surface area contributed by atoms with Crippen LogP contribution in [0.4, 0.5) is 0 Å². The molecule has 3 nitrogen and oxygen atoms in total. The van der Waals surface area contributed by atoms with Crippen molar-refractivity contribution in [1.29, 1.82) is 0 Å². The molecular weight excluding hydrogens is 245 g/mol. The lowest BCUT2D eigenvalue weighted by Gasteiger charge is -2.20. The zero-order valence-electron chi connectivity index (χ0n) is 12.5. The van der Waals surface area contributed by atoms with E-state index in [1.807, 2.05) is 34.6 Å². The summed E-state index contributed by atoms with van der Waals surface area (Å²) in [5, 5.41) is -0.294. The van der Waals surface area contributed by atoms with E-state index in [0.29, 0.717) is 12.2 Å². The monoisotopic (exact) mass is 271 g/mol. The summed E-state index contributed by atoms with van der Waals surface area (Å²) >= 11 is 3.79. The first kappa shape index (κ1) is 19.8. The van der Waals surface area contributed by atoms with Crippen molar-refractivity contribution in [2.45, 2.75) is 52.8 Å². The number of nitrogens with zero attached hydrogens (tertiary/aromatic N) is 1. The van der Waals surface area contributed by atoms with Crippen LogP contribution in [0.25, 0.3) is 0 Å². The maximum atomic E-state index is 11.0. The summed E-state index contributed by atoms with van der Waals surface area (Å²) in [6.45, 7) is 9.95. The van der Waals surface area contributed by atoms with Crippen LogP contribution in [0.3, 0.4) is 0 Å². The second-order valence-corrected chi connectivity index (χ2v) is 4.71. The van der Waals surface area contributed by atoms with Crippen molar-refractivity contribution in [1.82, 2.24) is 4.57 Å². The molecule has 0 aliphatic rings. The molecule has 0 aromatic carbocycles. The van der Waals surface area contributed by atoms with Gasteiger partial charge in [-0.15, -0.1) is 0 Å². The Labute approximate surface area is 118 Å². The summed E-state index contributed by atoms with van der Waals surface area (Å²) in [6, 6.07) is 0. The Balaban J connectivity index is 0. The first-order valence-electron chi connectivity index (χ1n) is 6.41. The Morgan fingerprint density at radius 3 is 2.17 bits per heavy atom. The van der Waals surface area contributed by atoms with E-state index in [1.165, 1.54) is 4.57 Å². The summed E-state index contributed by atoms with van der Waals surface area (Å²) in [6.07, 6.45) is 3.13. The highest BCUT2D eigenvalue weighted by Crippen LogP contribution is 2.29.